The molecule has 0 saturated carbocycles. The molecule has 0 aliphatic rings. The highest BCUT2D eigenvalue weighted by Gasteiger charge is 2.20. The lowest BCUT2D eigenvalue weighted by atomic mass is 10.1. The molecule has 35 heavy (non-hydrogen) atoms. The van der Waals surface area contributed by atoms with Crippen LogP contribution in [0.3, 0.4) is 0 Å². The van der Waals surface area contributed by atoms with Crippen molar-refractivity contribution in [1.82, 2.24) is 14.2 Å². The first-order chi connectivity index (χ1) is 17.0. The fraction of sp³-hybridized carbons (Fsp3) is 0. The van der Waals surface area contributed by atoms with Gasteiger partial charge in [0.25, 0.3) is 0 Å². The van der Waals surface area contributed by atoms with Crippen LogP contribution < -0.4 is 15.8 Å². The smallest absolute Gasteiger partial charge is 0.325 e. The second-order valence-corrected chi connectivity index (χ2v) is 7.73. The Morgan fingerprint density at radius 2 is 1.69 bits per heavy atom. The highest BCUT2D eigenvalue weighted by atomic mass is 16.5. The van der Waals surface area contributed by atoms with Crippen LogP contribution >= 0.6 is 0 Å². The van der Waals surface area contributed by atoms with E-state index < -0.39 is 6.03 Å². The molecule has 0 unspecified atom stereocenters. The quantitative estimate of drug-likeness (QED) is 0.333. The number of fused-ring (bicyclic) bond motifs is 1. The predicted octanol–water partition coefficient (Wildman–Crippen LogP) is 5.31. The number of ether oxygens (including phenoxy) is 1. The van der Waals surface area contributed by atoms with E-state index in [1.807, 2.05) is 60.7 Å². The Labute approximate surface area is 200 Å². The molecule has 0 bridgehead atoms. The van der Waals surface area contributed by atoms with E-state index in [9.17, 15) is 9.59 Å². The van der Waals surface area contributed by atoms with Gasteiger partial charge in [-0.1, -0.05) is 36.9 Å². The SMILES string of the molecule is C=CC(=O)Nc1cccc(-c2cnn3cc(-c4ccc(Oc5ccccc5)cc4)n(C(N)=O)c23)c1. The van der Waals surface area contributed by atoms with Gasteiger partial charge >= 0.3 is 6.03 Å². The monoisotopic (exact) mass is 463 g/mol. The number of nitrogens with one attached hydrogen (secondary N) is 1. The van der Waals surface area contributed by atoms with E-state index in [4.69, 9.17) is 10.5 Å². The molecule has 172 valence electrons. The van der Waals surface area contributed by atoms with Gasteiger partial charge in [0.1, 0.15) is 11.5 Å². The zero-order valence-corrected chi connectivity index (χ0v) is 18.6. The van der Waals surface area contributed by atoms with Crippen LogP contribution in [0.25, 0.3) is 28.0 Å². The highest BCUT2D eigenvalue weighted by molar-refractivity contribution is 5.99. The number of rotatable bonds is 6. The number of hydrogen-bond acceptors (Lipinski definition) is 4. The van der Waals surface area contributed by atoms with Crippen LogP contribution in [0.15, 0.2) is 104 Å². The molecular weight excluding hydrogens is 442 g/mol. The summed E-state index contributed by atoms with van der Waals surface area (Å²) in [5.74, 6) is 1.08. The van der Waals surface area contributed by atoms with Crippen molar-refractivity contribution in [2.45, 2.75) is 0 Å². The number of aromatic nitrogens is 3. The number of imidazole rings is 1. The first kappa shape index (κ1) is 21.7. The molecule has 3 N–H and O–H groups in total. The van der Waals surface area contributed by atoms with Crippen LogP contribution in [0.1, 0.15) is 0 Å². The lowest BCUT2D eigenvalue weighted by Gasteiger charge is -2.09. The van der Waals surface area contributed by atoms with Crippen LogP contribution in [-0.4, -0.2) is 26.1 Å². The van der Waals surface area contributed by atoms with E-state index in [1.54, 1.807) is 35.1 Å². The second-order valence-electron chi connectivity index (χ2n) is 7.73. The normalized spacial score (nSPS) is 10.7. The molecule has 3 aromatic carbocycles. The molecule has 0 radical (unpaired) electrons. The number of hydrogen-bond donors (Lipinski definition) is 2. The largest absolute Gasteiger partial charge is 0.457 e. The summed E-state index contributed by atoms with van der Waals surface area (Å²) in [5, 5.41) is 7.16. The molecule has 0 aliphatic heterocycles. The molecule has 2 amide bonds. The van der Waals surface area contributed by atoms with E-state index in [0.29, 0.717) is 28.3 Å². The summed E-state index contributed by atoms with van der Waals surface area (Å²) in [7, 11) is 0. The molecule has 0 saturated heterocycles. The van der Waals surface area contributed by atoms with Crippen molar-refractivity contribution in [1.29, 1.82) is 0 Å². The number of nitrogens with zero attached hydrogens (tertiary/aromatic N) is 3. The molecule has 2 heterocycles. The van der Waals surface area contributed by atoms with Gasteiger partial charge < -0.3 is 15.8 Å². The van der Waals surface area contributed by atoms with E-state index in [0.717, 1.165) is 16.9 Å². The summed E-state index contributed by atoms with van der Waals surface area (Å²) in [5.41, 5.74) is 9.73. The average molecular weight is 463 g/mol. The van der Waals surface area contributed by atoms with Crippen LogP contribution in [-0.2, 0) is 4.79 Å². The summed E-state index contributed by atoms with van der Waals surface area (Å²) >= 11 is 0. The lowest BCUT2D eigenvalue weighted by molar-refractivity contribution is -0.111. The van der Waals surface area contributed by atoms with Gasteiger partial charge in [-0.3, -0.25) is 4.79 Å². The van der Waals surface area contributed by atoms with Crippen molar-refractivity contribution in [2.24, 2.45) is 5.73 Å². The first-order valence-corrected chi connectivity index (χ1v) is 10.8. The fourth-order valence-electron chi connectivity index (χ4n) is 3.87. The maximum absolute atomic E-state index is 12.6. The molecule has 5 aromatic rings. The van der Waals surface area contributed by atoms with E-state index in [-0.39, 0.29) is 5.91 Å². The van der Waals surface area contributed by atoms with Crippen LogP contribution in [0.4, 0.5) is 10.5 Å². The summed E-state index contributed by atoms with van der Waals surface area (Å²) in [6.07, 6.45) is 4.61. The third-order valence-corrected chi connectivity index (χ3v) is 5.44. The lowest BCUT2D eigenvalue weighted by Crippen LogP contribution is -2.20. The van der Waals surface area contributed by atoms with Crippen LogP contribution in [0, 0.1) is 0 Å². The Morgan fingerprint density at radius 1 is 0.943 bits per heavy atom. The maximum Gasteiger partial charge on any atom is 0.325 e. The van der Waals surface area contributed by atoms with Crippen molar-refractivity contribution in [3.63, 3.8) is 0 Å². The molecule has 5 rings (SSSR count). The minimum atomic E-state index is -0.641. The zero-order valence-electron chi connectivity index (χ0n) is 18.6. The van der Waals surface area contributed by atoms with Gasteiger partial charge in [0, 0.05) is 16.8 Å². The van der Waals surface area contributed by atoms with Gasteiger partial charge in [-0.2, -0.15) is 5.10 Å². The van der Waals surface area contributed by atoms with Gasteiger partial charge in [-0.05, 0) is 60.2 Å². The molecular formula is C27H21N5O3. The van der Waals surface area contributed by atoms with Gasteiger partial charge in [0.05, 0.1) is 18.1 Å². The molecule has 0 spiro atoms. The number of amides is 2. The van der Waals surface area contributed by atoms with Crippen molar-refractivity contribution >= 4 is 23.3 Å². The molecule has 2 aromatic heterocycles. The Kier molecular flexibility index (Phi) is 5.60. The minimum Gasteiger partial charge on any atom is -0.457 e. The van der Waals surface area contributed by atoms with E-state index >= 15 is 0 Å². The number of carbonyl (C=O) groups is 2. The summed E-state index contributed by atoms with van der Waals surface area (Å²) < 4.78 is 8.89. The third kappa shape index (κ3) is 4.28. The number of para-hydroxylation sites is 1. The Morgan fingerprint density at radius 3 is 2.40 bits per heavy atom. The van der Waals surface area contributed by atoms with Gasteiger partial charge in [0.15, 0.2) is 5.65 Å². The second kappa shape index (κ2) is 9.03. The summed E-state index contributed by atoms with van der Waals surface area (Å²) in [6, 6.07) is 23.5. The van der Waals surface area contributed by atoms with Crippen molar-refractivity contribution in [2.75, 3.05) is 5.32 Å². The first-order valence-electron chi connectivity index (χ1n) is 10.8. The standard InChI is InChI=1S/C27H21N5O3/c1-2-25(33)30-20-8-6-7-19(15-20)23-16-29-31-17-24(32(26(23)31)27(28)34)18-11-13-22(14-12-18)35-21-9-4-3-5-10-21/h2-17H,1H2,(H2,28,34)(H,30,33). The van der Waals surface area contributed by atoms with Crippen molar-refractivity contribution in [3.05, 3.63) is 104 Å². The van der Waals surface area contributed by atoms with Crippen molar-refractivity contribution in [3.8, 4) is 33.9 Å². The van der Waals surface area contributed by atoms with Crippen LogP contribution in [0.5, 0.6) is 11.5 Å². The van der Waals surface area contributed by atoms with Gasteiger partial charge in [-0.15, -0.1) is 0 Å². The Hall–Kier alpha value is -5.11. The molecule has 0 atom stereocenters. The Bertz CT molecular complexity index is 1550. The third-order valence-electron chi connectivity index (χ3n) is 5.44. The zero-order chi connectivity index (χ0) is 24.4. The van der Waals surface area contributed by atoms with Gasteiger partial charge in [-0.25, -0.2) is 13.9 Å². The Balaban J connectivity index is 1.53. The predicted molar refractivity (Wildman–Crippen MR) is 134 cm³/mol. The summed E-state index contributed by atoms with van der Waals surface area (Å²) in [6.45, 7) is 3.47. The molecule has 8 nitrogen and oxygen atoms in total. The van der Waals surface area contributed by atoms with Crippen molar-refractivity contribution < 1.29 is 14.3 Å². The number of carbonyl (C=O) groups excluding carboxylic acids is 2. The number of primary amides is 1. The fourth-order valence-corrected chi connectivity index (χ4v) is 3.87. The van der Waals surface area contributed by atoms with E-state index in [1.165, 1.54) is 10.6 Å². The van der Waals surface area contributed by atoms with E-state index in [2.05, 4.69) is 17.0 Å². The maximum atomic E-state index is 12.6. The number of nitrogens with two attached hydrogens (primary N) is 1. The summed E-state index contributed by atoms with van der Waals surface area (Å²) in [4.78, 5) is 24.3. The minimum absolute atomic E-state index is 0.315. The molecule has 8 heteroatoms. The topological polar surface area (TPSA) is 104 Å². The van der Waals surface area contributed by atoms with Crippen LogP contribution in [0.2, 0.25) is 0 Å². The molecule has 0 aliphatic carbocycles. The number of anilines is 1. The molecule has 0 fully saturated rings. The average Bonchev–Trinajstić information content (AvgIpc) is 3.45. The number of benzene rings is 3. The van der Waals surface area contributed by atoms with Gasteiger partial charge in [0.2, 0.25) is 5.91 Å². The highest BCUT2D eigenvalue weighted by Crippen LogP contribution is 2.32.